The number of aromatic nitrogens is 2. The second kappa shape index (κ2) is 7.04. The van der Waals surface area contributed by atoms with Crippen LogP contribution < -0.4 is 0 Å². The Morgan fingerprint density at radius 2 is 1.56 bits per heavy atom. The fourth-order valence-electron chi connectivity index (χ4n) is 1.23. The van der Waals surface area contributed by atoms with E-state index in [1.807, 2.05) is 33.9 Å². The van der Waals surface area contributed by atoms with Gasteiger partial charge in [0.2, 0.25) is 0 Å². The van der Waals surface area contributed by atoms with E-state index in [0.717, 1.165) is 11.3 Å². The summed E-state index contributed by atoms with van der Waals surface area (Å²) in [5, 5.41) is 6.91. The average Bonchev–Trinajstić information content (AvgIpc) is 2.72. The summed E-state index contributed by atoms with van der Waals surface area (Å²) in [5.41, 5.74) is 2.41. The molecule has 0 spiro atoms. The molecule has 16 heavy (non-hydrogen) atoms. The molecule has 0 aromatic carbocycles. The normalized spacial score (nSPS) is 14.9. The zero-order chi connectivity index (χ0) is 12.6. The van der Waals surface area contributed by atoms with Crippen LogP contribution in [-0.2, 0) is 0 Å². The number of rotatable bonds is 0. The zero-order valence-electron chi connectivity index (χ0n) is 11.3. The van der Waals surface area contributed by atoms with Crippen molar-refractivity contribution in [3.63, 3.8) is 0 Å². The molecule has 0 aliphatic heterocycles. The zero-order valence-corrected chi connectivity index (χ0v) is 11.3. The highest BCUT2D eigenvalue weighted by atomic mass is 15.1. The molecule has 1 heterocycles. The van der Waals surface area contributed by atoms with Crippen molar-refractivity contribution in [3.05, 3.63) is 29.6 Å². The second-order valence-electron chi connectivity index (χ2n) is 3.73. The lowest BCUT2D eigenvalue weighted by atomic mass is 9.93. The van der Waals surface area contributed by atoms with Crippen LogP contribution in [-0.4, -0.2) is 10.2 Å². The third-order valence-electron chi connectivity index (χ3n) is 2.07. The summed E-state index contributed by atoms with van der Waals surface area (Å²) in [5.74, 6) is 0. The molecule has 0 saturated carbocycles. The van der Waals surface area contributed by atoms with Gasteiger partial charge < -0.3 is 0 Å². The van der Waals surface area contributed by atoms with Crippen LogP contribution in [0.2, 0.25) is 0 Å². The molecule has 0 saturated heterocycles. The van der Waals surface area contributed by atoms with Gasteiger partial charge in [0, 0.05) is 11.0 Å². The minimum Gasteiger partial charge on any atom is -0.278 e. The van der Waals surface area contributed by atoms with Gasteiger partial charge in [-0.2, -0.15) is 5.10 Å². The Morgan fingerprint density at radius 1 is 1.00 bits per heavy atom. The summed E-state index contributed by atoms with van der Waals surface area (Å²) in [6.45, 7) is 12.4. The third kappa shape index (κ3) is 4.05. The van der Waals surface area contributed by atoms with Gasteiger partial charge in [-0.25, -0.2) is 0 Å². The Bertz CT molecular complexity index is 313. The van der Waals surface area contributed by atoms with E-state index in [1.165, 1.54) is 0 Å². The Morgan fingerprint density at radius 3 is 2.19 bits per heavy atom. The molecule has 0 bridgehead atoms. The van der Waals surface area contributed by atoms with Crippen LogP contribution in [0.25, 0.3) is 12.2 Å². The number of hydrogen-bond donors (Lipinski definition) is 1. The molecule has 0 amide bonds. The second-order valence-corrected chi connectivity index (χ2v) is 3.73. The molecule has 1 aliphatic carbocycles. The van der Waals surface area contributed by atoms with Crippen molar-refractivity contribution in [1.29, 1.82) is 0 Å². The molecule has 2 nitrogen and oxygen atoms in total. The van der Waals surface area contributed by atoms with Crippen LogP contribution in [0.15, 0.2) is 18.3 Å². The molecular weight excluding hydrogens is 196 g/mol. The largest absolute Gasteiger partial charge is 0.278 e. The minimum atomic E-state index is 0.153. The topological polar surface area (TPSA) is 28.7 Å². The lowest BCUT2D eigenvalue weighted by Crippen LogP contribution is -2.00. The first-order chi connectivity index (χ1) is 7.67. The molecule has 2 rings (SSSR count). The standard InChI is InChI=1S/C10H12N2.2C2H6/c1-10(2)5-3-8-7-11-12-9(8)4-6-10;2*1-2/h3-7H,1-2H3,(H,11,12);2*1-2H3. The third-order valence-corrected chi connectivity index (χ3v) is 2.07. The molecule has 0 unspecified atom stereocenters. The summed E-state index contributed by atoms with van der Waals surface area (Å²) in [6.07, 6.45) is 10.4. The summed E-state index contributed by atoms with van der Waals surface area (Å²) >= 11 is 0. The van der Waals surface area contributed by atoms with Crippen molar-refractivity contribution < 1.29 is 0 Å². The average molecular weight is 220 g/mol. The van der Waals surface area contributed by atoms with E-state index in [9.17, 15) is 0 Å². The quantitative estimate of drug-likeness (QED) is 0.683. The highest BCUT2D eigenvalue weighted by molar-refractivity contribution is 5.65. The molecule has 1 N–H and O–H groups in total. The van der Waals surface area contributed by atoms with Crippen LogP contribution in [0.1, 0.15) is 52.8 Å². The first-order valence-electron chi connectivity index (χ1n) is 6.09. The van der Waals surface area contributed by atoms with Crippen molar-refractivity contribution in [2.24, 2.45) is 5.41 Å². The van der Waals surface area contributed by atoms with Crippen LogP contribution in [0, 0.1) is 5.41 Å². The van der Waals surface area contributed by atoms with E-state index >= 15 is 0 Å². The van der Waals surface area contributed by atoms with Gasteiger partial charge in [0.25, 0.3) is 0 Å². The van der Waals surface area contributed by atoms with E-state index in [1.54, 1.807) is 0 Å². The number of allylic oxidation sites excluding steroid dienone is 2. The maximum absolute atomic E-state index is 3.97. The summed E-state index contributed by atoms with van der Waals surface area (Å²) in [4.78, 5) is 0. The molecule has 1 aromatic rings. The maximum Gasteiger partial charge on any atom is 0.0647 e. The van der Waals surface area contributed by atoms with Crippen molar-refractivity contribution in [2.45, 2.75) is 41.5 Å². The fraction of sp³-hybridized carbons (Fsp3) is 0.500. The number of aromatic amines is 1. The first-order valence-corrected chi connectivity index (χ1v) is 6.09. The molecule has 1 aromatic heterocycles. The molecule has 1 aliphatic rings. The van der Waals surface area contributed by atoms with E-state index in [2.05, 4.69) is 48.3 Å². The fourth-order valence-corrected chi connectivity index (χ4v) is 1.23. The van der Waals surface area contributed by atoms with Crippen molar-refractivity contribution in [3.8, 4) is 0 Å². The number of fused-ring (bicyclic) bond motifs is 1. The Hall–Kier alpha value is -1.31. The predicted octanol–water partition coefficient (Wildman–Crippen LogP) is 4.53. The van der Waals surface area contributed by atoms with Gasteiger partial charge >= 0.3 is 0 Å². The van der Waals surface area contributed by atoms with Crippen molar-refractivity contribution in [2.75, 3.05) is 0 Å². The maximum atomic E-state index is 3.97. The van der Waals surface area contributed by atoms with Gasteiger partial charge in [-0.3, -0.25) is 5.10 Å². The van der Waals surface area contributed by atoms with Gasteiger partial charge in [0.15, 0.2) is 0 Å². The van der Waals surface area contributed by atoms with Crippen molar-refractivity contribution in [1.82, 2.24) is 10.2 Å². The molecule has 2 heteroatoms. The number of hydrogen-bond acceptors (Lipinski definition) is 1. The summed E-state index contributed by atoms with van der Waals surface area (Å²) < 4.78 is 0. The first kappa shape index (κ1) is 14.7. The van der Waals surface area contributed by atoms with E-state index < -0.39 is 0 Å². The smallest absolute Gasteiger partial charge is 0.0647 e. The molecule has 0 radical (unpaired) electrons. The molecule has 0 fully saturated rings. The van der Waals surface area contributed by atoms with E-state index in [4.69, 9.17) is 0 Å². The predicted molar refractivity (Wildman–Crippen MR) is 73.1 cm³/mol. The van der Waals surface area contributed by atoms with Gasteiger partial charge in [-0.1, -0.05) is 59.8 Å². The van der Waals surface area contributed by atoms with Gasteiger partial charge in [-0.15, -0.1) is 0 Å². The SMILES string of the molecule is CC.CC.CC1(C)C=Cc2cn[nH]c2C=C1. The molecular formula is C14H24N2. The Balaban J connectivity index is 0.000000509. The minimum absolute atomic E-state index is 0.153. The van der Waals surface area contributed by atoms with Crippen LogP contribution >= 0.6 is 0 Å². The number of H-pyrrole nitrogens is 1. The summed E-state index contributed by atoms with van der Waals surface area (Å²) in [6, 6.07) is 0. The monoisotopic (exact) mass is 220 g/mol. The lowest BCUT2D eigenvalue weighted by Gasteiger charge is -2.11. The van der Waals surface area contributed by atoms with Gasteiger partial charge in [0.05, 0.1) is 11.9 Å². The molecule has 90 valence electrons. The van der Waals surface area contributed by atoms with E-state index in [-0.39, 0.29) is 5.41 Å². The lowest BCUT2D eigenvalue weighted by molar-refractivity contribution is 0.633. The van der Waals surface area contributed by atoms with Crippen LogP contribution in [0.3, 0.4) is 0 Å². The Kier molecular flexibility index (Phi) is 6.47. The molecule has 0 atom stereocenters. The van der Waals surface area contributed by atoms with Crippen molar-refractivity contribution >= 4 is 12.2 Å². The van der Waals surface area contributed by atoms with Crippen LogP contribution in [0.5, 0.6) is 0 Å². The Labute approximate surface area is 99.5 Å². The van der Waals surface area contributed by atoms with E-state index in [0.29, 0.717) is 0 Å². The van der Waals surface area contributed by atoms with Gasteiger partial charge in [0.1, 0.15) is 0 Å². The number of nitrogens with one attached hydrogen (secondary N) is 1. The van der Waals surface area contributed by atoms with Crippen LogP contribution in [0.4, 0.5) is 0 Å². The summed E-state index contributed by atoms with van der Waals surface area (Å²) in [7, 11) is 0. The highest BCUT2D eigenvalue weighted by Crippen LogP contribution is 2.26. The van der Waals surface area contributed by atoms with Gasteiger partial charge in [-0.05, 0) is 6.08 Å². The number of nitrogens with zero attached hydrogens (tertiary/aromatic N) is 1. The highest BCUT2D eigenvalue weighted by Gasteiger charge is 2.12.